The summed E-state index contributed by atoms with van der Waals surface area (Å²) in [6.07, 6.45) is 1.03. The fourth-order valence-corrected chi connectivity index (χ4v) is 0.878. The number of rotatable bonds is 2. The monoisotopic (exact) mass is 193 g/mol. The molecule has 0 aromatic heterocycles. The molecule has 0 aliphatic carbocycles. The highest BCUT2D eigenvalue weighted by Crippen LogP contribution is 2.13. The zero-order chi connectivity index (χ0) is 11.4. The maximum atomic E-state index is 4.50. The quantitative estimate of drug-likeness (QED) is 0.761. The van der Waals surface area contributed by atoms with Crippen LogP contribution in [0.3, 0.4) is 0 Å². The van der Waals surface area contributed by atoms with Crippen molar-refractivity contribution in [1.29, 1.82) is 0 Å². The molecule has 1 aromatic rings. The second kappa shape index (κ2) is 11.9. The van der Waals surface area contributed by atoms with Crippen LogP contribution in [0, 0.1) is 0 Å². The van der Waals surface area contributed by atoms with Gasteiger partial charge in [0.25, 0.3) is 0 Å². The highest BCUT2D eigenvalue weighted by Gasteiger charge is 1.91. The predicted molar refractivity (Wildman–Crippen MR) is 67.2 cm³/mol. The zero-order valence-electron chi connectivity index (χ0n) is 9.88. The summed E-state index contributed by atoms with van der Waals surface area (Å²) in [6, 6.07) is 10.3. The number of nitrogens with two attached hydrogens (primary N) is 1. The third-order valence-electron chi connectivity index (χ3n) is 1.61. The molecule has 0 bridgehead atoms. The smallest absolute Gasteiger partial charge is 0.0195 e. The third kappa shape index (κ3) is 6.44. The average Bonchev–Trinajstić information content (AvgIpc) is 2.34. The van der Waals surface area contributed by atoms with Crippen molar-refractivity contribution in [2.24, 2.45) is 5.73 Å². The Bertz CT molecular complexity index is 214. The minimum absolute atomic E-state index is 1.03. The van der Waals surface area contributed by atoms with Crippen molar-refractivity contribution in [2.75, 3.05) is 7.05 Å². The van der Waals surface area contributed by atoms with Crippen molar-refractivity contribution < 1.29 is 0 Å². The van der Waals surface area contributed by atoms with Gasteiger partial charge in [0.05, 0.1) is 0 Å². The van der Waals surface area contributed by atoms with Crippen LogP contribution in [0.2, 0.25) is 0 Å². The van der Waals surface area contributed by atoms with Gasteiger partial charge in [-0.3, -0.25) is 0 Å². The molecule has 2 N–H and O–H groups in total. The normalized spacial score (nSPS) is 7.50. The van der Waals surface area contributed by atoms with Crippen molar-refractivity contribution in [3.8, 4) is 0 Å². The van der Waals surface area contributed by atoms with E-state index < -0.39 is 0 Å². The van der Waals surface area contributed by atoms with Crippen LogP contribution in [0.1, 0.15) is 32.8 Å². The van der Waals surface area contributed by atoms with Gasteiger partial charge in [0.1, 0.15) is 0 Å². The van der Waals surface area contributed by atoms with Gasteiger partial charge in [-0.15, -0.1) is 0 Å². The molecule has 80 valence electrons. The average molecular weight is 193 g/mol. The molecule has 1 rings (SSSR count). The second-order valence-electron chi connectivity index (χ2n) is 2.32. The molecule has 14 heavy (non-hydrogen) atoms. The molecule has 0 heterocycles. The molecule has 0 saturated heterocycles. The number of hydrogen-bond acceptors (Lipinski definition) is 1. The van der Waals surface area contributed by atoms with Crippen LogP contribution in [-0.4, -0.2) is 7.05 Å². The van der Waals surface area contributed by atoms with E-state index in [0.717, 1.165) is 6.42 Å². The summed E-state index contributed by atoms with van der Waals surface area (Å²) < 4.78 is 0. The van der Waals surface area contributed by atoms with E-state index in [2.05, 4.69) is 31.4 Å². The van der Waals surface area contributed by atoms with Crippen molar-refractivity contribution in [2.45, 2.75) is 27.2 Å². The first kappa shape index (κ1) is 15.4. The SMILES string of the molecule is C=C(CC)c1ccccc1.CC.CN. The maximum absolute atomic E-state index is 4.50. The minimum atomic E-state index is 1.03. The van der Waals surface area contributed by atoms with Gasteiger partial charge in [0.15, 0.2) is 0 Å². The summed E-state index contributed by atoms with van der Waals surface area (Å²) >= 11 is 0. The minimum Gasteiger partial charge on any atom is -0.333 e. The molecule has 1 aromatic carbocycles. The van der Waals surface area contributed by atoms with Crippen LogP contribution in [0.15, 0.2) is 36.9 Å². The Hall–Kier alpha value is -1.08. The van der Waals surface area contributed by atoms with Crippen molar-refractivity contribution in [3.63, 3.8) is 0 Å². The molecule has 1 heteroatoms. The van der Waals surface area contributed by atoms with Crippen molar-refractivity contribution >= 4 is 5.57 Å². The summed E-state index contributed by atoms with van der Waals surface area (Å²) in [4.78, 5) is 0. The molecule has 0 aliphatic heterocycles. The van der Waals surface area contributed by atoms with E-state index in [-0.39, 0.29) is 0 Å². The summed E-state index contributed by atoms with van der Waals surface area (Å²) in [5, 5.41) is 0. The van der Waals surface area contributed by atoms with Gasteiger partial charge in [-0.1, -0.05) is 57.7 Å². The van der Waals surface area contributed by atoms with Crippen molar-refractivity contribution in [1.82, 2.24) is 0 Å². The molecule has 0 aliphatic rings. The van der Waals surface area contributed by atoms with E-state index in [0.29, 0.717) is 0 Å². The highest BCUT2D eigenvalue weighted by atomic mass is 14.4. The summed E-state index contributed by atoms with van der Waals surface area (Å²) in [5.74, 6) is 0. The Morgan fingerprint density at radius 2 is 1.57 bits per heavy atom. The molecule has 0 atom stereocenters. The van der Waals surface area contributed by atoms with E-state index in [4.69, 9.17) is 0 Å². The number of allylic oxidation sites excluding steroid dienone is 1. The van der Waals surface area contributed by atoms with E-state index in [1.54, 1.807) is 0 Å². The fourth-order valence-electron chi connectivity index (χ4n) is 0.878. The van der Waals surface area contributed by atoms with Gasteiger partial charge in [-0.25, -0.2) is 0 Å². The van der Waals surface area contributed by atoms with E-state index in [1.165, 1.54) is 18.2 Å². The lowest BCUT2D eigenvalue weighted by atomic mass is 10.1. The largest absolute Gasteiger partial charge is 0.333 e. The lowest BCUT2D eigenvalue weighted by molar-refractivity contribution is 1.24. The van der Waals surface area contributed by atoms with Crippen LogP contribution in [0.25, 0.3) is 5.57 Å². The first-order chi connectivity index (χ1) is 6.84. The Kier molecular flexibility index (Phi) is 13.1. The lowest BCUT2D eigenvalue weighted by Gasteiger charge is -1.99. The maximum Gasteiger partial charge on any atom is -0.0195 e. The van der Waals surface area contributed by atoms with Crippen LogP contribution >= 0.6 is 0 Å². The van der Waals surface area contributed by atoms with E-state index in [1.807, 2.05) is 32.0 Å². The Labute approximate surface area is 88.6 Å². The predicted octanol–water partition coefficient (Wildman–Crippen LogP) is 3.71. The van der Waals surface area contributed by atoms with Gasteiger partial charge in [0, 0.05) is 0 Å². The lowest BCUT2D eigenvalue weighted by Crippen LogP contribution is -1.77. The standard InChI is InChI=1S/C10H12.C2H6.CH5N/c1-3-9(2)10-7-5-4-6-8-10;2*1-2/h4-8H,2-3H2,1H3;1-2H3;2H2,1H3. The Balaban J connectivity index is 0. The van der Waals surface area contributed by atoms with Gasteiger partial charge in [-0.2, -0.15) is 0 Å². The van der Waals surface area contributed by atoms with Gasteiger partial charge >= 0.3 is 0 Å². The molecule has 1 nitrogen and oxygen atoms in total. The molecule has 0 amide bonds. The summed E-state index contributed by atoms with van der Waals surface area (Å²) in [5.41, 5.74) is 6.96. The van der Waals surface area contributed by atoms with Gasteiger partial charge in [-0.05, 0) is 24.6 Å². The molecule has 0 fully saturated rings. The van der Waals surface area contributed by atoms with Crippen LogP contribution < -0.4 is 5.73 Å². The van der Waals surface area contributed by atoms with Crippen LogP contribution in [0.4, 0.5) is 0 Å². The molecule has 0 saturated carbocycles. The molecular formula is C13H23N. The zero-order valence-corrected chi connectivity index (χ0v) is 9.88. The van der Waals surface area contributed by atoms with E-state index >= 15 is 0 Å². The fraction of sp³-hybridized carbons (Fsp3) is 0.385. The topological polar surface area (TPSA) is 26.0 Å². The first-order valence-electron chi connectivity index (χ1n) is 5.15. The van der Waals surface area contributed by atoms with E-state index in [9.17, 15) is 0 Å². The van der Waals surface area contributed by atoms with Gasteiger partial charge < -0.3 is 5.73 Å². The Morgan fingerprint density at radius 3 is 1.93 bits per heavy atom. The summed E-state index contributed by atoms with van der Waals surface area (Å²) in [6.45, 7) is 10.1. The molecule has 0 spiro atoms. The first-order valence-corrected chi connectivity index (χ1v) is 5.15. The number of hydrogen-bond donors (Lipinski definition) is 1. The van der Waals surface area contributed by atoms with Crippen LogP contribution in [-0.2, 0) is 0 Å². The molecule has 0 unspecified atom stereocenters. The summed E-state index contributed by atoms with van der Waals surface area (Å²) in [7, 11) is 1.50. The second-order valence-corrected chi connectivity index (χ2v) is 2.32. The molecule has 0 radical (unpaired) electrons. The highest BCUT2D eigenvalue weighted by molar-refractivity contribution is 5.62. The third-order valence-corrected chi connectivity index (χ3v) is 1.61. The van der Waals surface area contributed by atoms with Crippen LogP contribution in [0.5, 0.6) is 0 Å². The number of benzene rings is 1. The van der Waals surface area contributed by atoms with Crippen molar-refractivity contribution in [3.05, 3.63) is 42.5 Å². The molecular weight excluding hydrogens is 170 g/mol. The van der Waals surface area contributed by atoms with Gasteiger partial charge in [0.2, 0.25) is 0 Å². The Morgan fingerprint density at radius 1 is 1.14 bits per heavy atom.